The maximum Gasteiger partial charge on any atom is 0.196 e. The van der Waals surface area contributed by atoms with Crippen LogP contribution in [0.15, 0.2) is 28.3 Å². The lowest BCUT2D eigenvalue weighted by atomic mass is 10.2. The minimum atomic E-state index is -0.0205. The predicted octanol–water partition coefficient (Wildman–Crippen LogP) is 3.09. The molecule has 1 aliphatic rings. The van der Waals surface area contributed by atoms with Gasteiger partial charge in [0, 0.05) is 23.4 Å². The van der Waals surface area contributed by atoms with E-state index in [0.29, 0.717) is 10.6 Å². The van der Waals surface area contributed by atoms with E-state index in [4.69, 9.17) is 22.7 Å². The molecule has 2 heterocycles. The van der Waals surface area contributed by atoms with Crippen LogP contribution in [-0.2, 0) is 13.0 Å². The van der Waals surface area contributed by atoms with Crippen LogP contribution in [-0.4, -0.2) is 20.6 Å². The summed E-state index contributed by atoms with van der Waals surface area (Å²) in [5, 5.41) is 17.4. The van der Waals surface area contributed by atoms with Gasteiger partial charge in [-0.2, -0.15) is 0 Å². The molecule has 0 fully saturated rings. The molecule has 7 heteroatoms. The molecule has 0 saturated heterocycles. The number of nitrogen functional groups attached to an aromatic ring is 1. The number of aromatic nitrogens is 3. The van der Waals surface area contributed by atoms with Crippen molar-refractivity contribution in [3.05, 3.63) is 34.6 Å². The number of hydrogen-bond donors (Lipinski definition) is 2. The van der Waals surface area contributed by atoms with E-state index in [1.807, 2.05) is 12.1 Å². The maximum atomic E-state index is 7.45. The van der Waals surface area contributed by atoms with E-state index < -0.39 is 0 Å². The van der Waals surface area contributed by atoms with Gasteiger partial charge in [-0.25, -0.2) is 0 Å². The van der Waals surface area contributed by atoms with Crippen molar-refractivity contribution in [3.8, 4) is 0 Å². The van der Waals surface area contributed by atoms with E-state index >= 15 is 0 Å². The highest BCUT2D eigenvalue weighted by atomic mass is 35.5. The van der Waals surface area contributed by atoms with Gasteiger partial charge in [0.1, 0.15) is 11.7 Å². The van der Waals surface area contributed by atoms with Crippen LogP contribution < -0.4 is 5.73 Å². The van der Waals surface area contributed by atoms with E-state index in [2.05, 4.69) is 14.8 Å². The summed E-state index contributed by atoms with van der Waals surface area (Å²) in [6.07, 6.45) is 4.59. The first-order valence-corrected chi connectivity index (χ1v) is 8.08. The van der Waals surface area contributed by atoms with Crippen molar-refractivity contribution in [1.29, 1.82) is 5.41 Å². The molecule has 0 atom stereocenters. The molecule has 0 radical (unpaired) electrons. The van der Waals surface area contributed by atoms with Crippen LogP contribution in [0.4, 0.5) is 0 Å². The summed E-state index contributed by atoms with van der Waals surface area (Å²) in [6.45, 7) is 0.976. The number of rotatable bonds is 3. The van der Waals surface area contributed by atoms with Crippen molar-refractivity contribution in [2.24, 2.45) is 5.73 Å². The van der Waals surface area contributed by atoms with Gasteiger partial charge >= 0.3 is 0 Å². The van der Waals surface area contributed by atoms with Gasteiger partial charge in [0.05, 0.1) is 5.02 Å². The quantitative estimate of drug-likeness (QED) is 0.672. The summed E-state index contributed by atoms with van der Waals surface area (Å²) < 4.78 is 2.20. The zero-order valence-electron chi connectivity index (χ0n) is 11.5. The van der Waals surface area contributed by atoms with Gasteiger partial charge in [-0.15, -0.1) is 10.2 Å². The number of nitrogens with one attached hydrogen (secondary N) is 1. The standard InChI is InChI=1S/C14H16ClN5S/c15-11-8-9(5-6-10(11)13(16)17)21-14-19-18-12-4-2-1-3-7-20(12)14/h5-6,8H,1-4,7H2,(H3,16,17). The van der Waals surface area contributed by atoms with Crippen LogP contribution in [0.25, 0.3) is 0 Å². The van der Waals surface area contributed by atoms with Crippen LogP contribution >= 0.6 is 23.4 Å². The normalized spacial score (nSPS) is 14.5. The molecule has 1 aliphatic heterocycles. The summed E-state index contributed by atoms with van der Waals surface area (Å²) >= 11 is 7.70. The van der Waals surface area contributed by atoms with Crippen molar-refractivity contribution in [2.45, 2.75) is 42.3 Å². The Hall–Kier alpha value is -1.53. The summed E-state index contributed by atoms with van der Waals surface area (Å²) in [6, 6.07) is 5.50. The monoisotopic (exact) mass is 321 g/mol. The Morgan fingerprint density at radius 2 is 2.14 bits per heavy atom. The highest BCUT2D eigenvalue weighted by Gasteiger charge is 2.16. The second-order valence-corrected chi connectivity index (χ2v) is 6.47. The van der Waals surface area contributed by atoms with Crippen LogP contribution in [0.3, 0.4) is 0 Å². The minimum absolute atomic E-state index is 0.0205. The Morgan fingerprint density at radius 3 is 2.90 bits per heavy atom. The van der Waals surface area contributed by atoms with E-state index in [-0.39, 0.29) is 5.84 Å². The fourth-order valence-electron chi connectivity index (χ4n) is 2.42. The minimum Gasteiger partial charge on any atom is -0.384 e. The van der Waals surface area contributed by atoms with Gasteiger partial charge < -0.3 is 10.3 Å². The largest absolute Gasteiger partial charge is 0.384 e. The van der Waals surface area contributed by atoms with Crippen LogP contribution in [0.5, 0.6) is 0 Å². The van der Waals surface area contributed by atoms with E-state index in [9.17, 15) is 0 Å². The Labute approximate surface area is 132 Å². The summed E-state index contributed by atoms with van der Waals surface area (Å²) in [5.74, 6) is 1.05. The number of fused-ring (bicyclic) bond motifs is 1. The Morgan fingerprint density at radius 1 is 1.29 bits per heavy atom. The average molecular weight is 322 g/mol. The van der Waals surface area contributed by atoms with Crippen LogP contribution in [0, 0.1) is 5.41 Å². The lowest BCUT2D eigenvalue weighted by molar-refractivity contribution is 0.591. The van der Waals surface area contributed by atoms with Gasteiger partial charge in [0.2, 0.25) is 0 Å². The summed E-state index contributed by atoms with van der Waals surface area (Å²) in [5.41, 5.74) is 6.03. The second-order valence-electron chi connectivity index (χ2n) is 5.02. The third kappa shape index (κ3) is 3.06. The topological polar surface area (TPSA) is 80.6 Å². The van der Waals surface area contributed by atoms with E-state index in [1.165, 1.54) is 19.3 Å². The molecule has 0 bridgehead atoms. The number of nitrogens with two attached hydrogens (primary N) is 1. The smallest absolute Gasteiger partial charge is 0.196 e. The van der Waals surface area contributed by atoms with Crippen molar-refractivity contribution < 1.29 is 0 Å². The predicted molar refractivity (Wildman–Crippen MR) is 84.2 cm³/mol. The lowest BCUT2D eigenvalue weighted by Gasteiger charge is -2.08. The Balaban J connectivity index is 1.86. The molecular formula is C14H16ClN5S. The van der Waals surface area contributed by atoms with Crippen LogP contribution in [0.1, 0.15) is 30.7 Å². The molecule has 1 aromatic heterocycles. The van der Waals surface area contributed by atoms with Crippen molar-refractivity contribution in [2.75, 3.05) is 0 Å². The number of hydrogen-bond acceptors (Lipinski definition) is 4. The number of benzene rings is 1. The molecule has 3 N–H and O–H groups in total. The summed E-state index contributed by atoms with van der Waals surface area (Å²) in [4.78, 5) is 0.976. The first-order valence-electron chi connectivity index (χ1n) is 6.89. The molecule has 0 unspecified atom stereocenters. The van der Waals surface area contributed by atoms with Crippen molar-refractivity contribution in [1.82, 2.24) is 14.8 Å². The van der Waals surface area contributed by atoms with Gasteiger partial charge in [-0.3, -0.25) is 5.41 Å². The third-order valence-corrected chi connectivity index (χ3v) is 4.80. The van der Waals surface area contributed by atoms with Crippen molar-refractivity contribution in [3.63, 3.8) is 0 Å². The van der Waals surface area contributed by atoms with Crippen LogP contribution in [0.2, 0.25) is 5.02 Å². The molecule has 0 amide bonds. The molecule has 2 aromatic rings. The first kappa shape index (κ1) is 14.4. The van der Waals surface area contributed by atoms with E-state index in [1.54, 1.807) is 17.8 Å². The zero-order chi connectivity index (χ0) is 14.8. The number of nitrogens with zero attached hydrogens (tertiary/aromatic N) is 3. The SMILES string of the molecule is N=C(N)c1ccc(Sc2nnc3n2CCCCC3)cc1Cl. The second kappa shape index (κ2) is 6.07. The highest BCUT2D eigenvalue weighted by molar-refractivity contribution is 7.99. The molecule has 21 heavy (non-hydrogen) atoms. The molecule has 0 spiro atoms. The molecule has 5 nitrogen and oxygen atoms in total. The van der Waals surface area contributed by atoms with Gasteiger partial charge in [0.15, 0.2) is 5.16 Å². The third-order valence-electron chi connectivity index (χ3n) is 3.52. The highest BCUT2D eigenvalue weighted by Crippen LogP contribution is 2.31. The molecule has 110 valence electrons. The average Bonchev–Trinajstić information content (AvgIpc) is 2.68. The van der Waals surface area contributed by atoms with Crippen molar-refractivity contribution >= 4 is 29.2 Å². The molecular weight excluding hydrogens is 306 g/mol. The number of amidine groups is 1. The number of halogens is 1. The van der Waals surface area contributed by atoms with Gasteiger partial charge in [-0.05, 0) is 42.8 Å². The Bertz CT molecular complexity index is 682. The van der Waals surface area contributed by atoms with Gasteiger partial charge in [-0.1, -0.05) is 18.0 Å². The molecule has 1 aromatic carbocycles. The molecule has 0 saturated carbocycles. The summed E-state index contributed by atoms with van der Waals surface area (Å²) in [7, 11) is 0. The maximum absolute atomic E-state index is 7.45. The van der Waals surface area contributed by atoms with Gasteiger partial charge in [0.25, 0.3) is 0 Å². The fourth-order valence-corrected chi connectivity index (χ4v) is 3.68. The molecule has 0 aliphatic carbocycles. The van der Waals surface area contributed by atoms with E-state index in [0.717, 1.165) is 28.8 Å². The molecule has 3 rings (SSSR count). The Kier molecular flexibility index (Phi) is 4.17. The number of aryl methyl sites for hydroxylation is 1. The lowest BCUT2D eigenvalue weighted by Crippen LogP contribution is -2.11. The zero-order valence-corrected chi connectivity index (χ0v) is 13.0. The fraction of sp³-hybridized carbons (Fsp3) is 0.357. The first-order chi connectivity index (χ1) is 10.1.